The van der Waals surface area contributed by atoms with E-state index >= 15 is 0 Å². The Labute approximate surface area is 316 Å². The zero-order valence-electron chi connectivity index (χ0n) is 31.9. The minimum absolute atomic E-state index is 0.101. The van der Waals surface area contributed by atoms with Crippen LogP contribution in [0.2, 0.25) is 0 Å². The van der Waals surface area contributed by atoms with Crippen LogP contribution in [0.25, 0.3) is 0 Å². The van der Waals surface area contributed by atoms with Gasteiger partial charge in [0.15, 0.2) is 18.4 Å². The maximum atomic E-state index is 12.9. The molecule has 0 radical (unpaired) electrons. The van der Waals surface area contributed by atoms with Crippen LogP contribution in [0.5, 0.6) is 0 Å². The molecule has 3 saturated carbocycles. The smallest absolute Gasteiger partial charge is 0.187 e. The molecule has 0 aromatic carbocycles. The lowest BCUT2D eigenvalue weighted by atomic mass is 9.43. The van der Waals surface area contributed by atoms with E-state index in [1.54, 1.807) is 0 Å². The van der Waals surface area contributed by atoms with Gasteiger partial charge in [-0.25, -0.2) is 0 Å². The first-order valence-corrected chi connectivity index (χ1v) is 20.1. The molecular weight excluding hydrogens is 708 g/mol. The second kappa shape index (κ2) is 13.6. The van der Waals surface area contributed by atoms with E-state index in [1.807, 2.05) is 13.8 Å². The van der Waals surface area contributed by atoms with Crippen LogP contribution in [0, 0.1) is 34.5 Å². The van der Waals surface area contributed by atoms with Crippen molar-refractivity contribution in [3.63, 3.8) is 0 Å². The Morgan fingerprint density at radius 1 is 0.833 bits per heavy atom. The molecule has 8 aliphatic rings. The number of allylic oxidation sites excluding steroid dienone is 1. The highest BCUT2D eigenvalue weighted by atomic mass is 16.8. The van der Waals surface area contributed by atoms with E-state index in [0.29, 0.717) is 51.0 Å². The Bertz CT molecular complexity index is 1440. The lowest BCUT2D eigenvalue weighted by Gasteiger charge is -2.64. The predicted molar refractivity (Wildman–Crippen MR) is 186 cm³/mol. The Morgan fingerprint density at radius 2 is 1.57 bits per heavy atom. The molecule has 15 heteroatoms. The molecule has 7 fully saturated rings. The Hall–Kier alpha value is -0.860. The summed E-state index contributed by atoms with van der Waals surface area (Å²) in [5.74, 6) is -1.36. The molecular formula is C39H62O15. The van der Waals surface area contributed by atoms with Gasteiger partial charge in [0.1, 0.15) is 48.3 Å². The molecule has 1 spiro atoms. The molecule has 4 aliphatic heterocycles. The van der Waals surface area contributed by atoms with Gasteiger partial charge in [-0.05, 0) is 68.6 Å². The fourth-order valence-corrected chi connectivity index (χ4v) is 12.4. The number of rotatable bonds is 5. The molecule has 54 heavy (non-hydrogen) atoms. The van der Waals surface area contributed by atoms with Crippen molar-refractivity contribution in [3.05, 3.63) is 11.6 Å². The average molecular weight is 771 g/mol. The molecule has 308 valence electrons. The van der Waals surface area contributed by atoms with Gasteiger partial charge in [-0.15, -0.1) is 0 Å². The van der Waals surface area contributed by atoms with Gasteiger partial charge in [-0.3, -0.25) is 0 Å². The van der Waals surface area contributed by atoms with Gasteiger partial charge in [0.25, 0.3) is 0 Å². The first kappa shape index (κ1) is 39.9. The third-order valence-corrected chi connectivity index (χ3v) is 16.1. The number of hydrogen-bond acceptors (Lipinski definition) is 15. The molecule has 4 saturated heterocycles. The van der Waals surface area contributed by atoms with Crippen molar-refractivity contribution in [2.24, 2.45) is 34.5 Å². The van der Waals surface area contributed by atoms with E-state index in [2.05, 4.69) is 19.9 Å². The summed E-state index contributed by atoms with van der Waals surface area (Å²) in [7, 11) is 0. The number of aliphatic hydroxyl groups is 9. The van der Waals surface area contributed by atoms with Crippen molar-refractivity contribution in [1.29, 1.82) is 0 Å². The SMILES string of the molecule is CC1CCC2(OC1)OC1CC3(O)C4CC=C5CC(OC6OC(CO)C(O)C(O)C6OC6OC(C)C(O)C(O)C6O)CCC5(C)C4CC(O)C3(C)C1(O)C2C. The number of hydrogen-bond donors (Lipinski definition) is 9. The second-order valence-corrected chi connectivity index (χ2v) is 18.6. The topological polar surface area (TPSA) is 237 Å². The highest BCUT2D eigenvalue weighted by Crippen LogP contribution is 2.73. The highest BCUT2D eigenvalue weighted by Gasteiger charge is 2.83. The number of fused-ring (bicyclic) bond motifs is 7. The number of ether oxygens (including phenoxy) is 6. The summed E-state index contributed by atoms with van der Waals surface area (Å²) in [6, 6.07) is 0. The fraction of sp³-hybridized carbons (Fsp3) is 0.949. The van der Waals surface area contributed by atoms with Gasteiger partial charge in [-0.1, -0.05) is 39.3 Å². The molecule has 15 nitrogen and oxygen atoms in total. The van der Waals surface area contributed by atoms with E-state index in [4.69, 9.17) is 28.4 Å². The van der Waals surface area contributed by atoms with Gasteiger partial charge in [0.2, 0.25) is 0 Å². The van der Waals surface area contributed by atoms with E-state index in [9.17, 15) is 46.0 Å². The molecule has 0 bridgehead atoms. The summed E-state index contributed by atoms with van der Waals surface area (Å²) in [4.78, 5) is 0. The minimum Gasteiger partial charge on any atom is -0.394 e. The molecule has 4 heterocycles. The first-order valence-electron chi connectivity index (χ1n) is 20.1. The summed E-state index contributed by atoms with van der Waals surface area (Å²) in [5.41, 5.74) is -3.46. The van der Waals surface area contributed by atoms with Crippen LogP contribution in [0.1, 0.15) is 86.0 Å². The molecule has 22 atom stereocenters. The Balaban J connectivity index is 1.01. The van der Waals surface area contributed by atoms with Crippen LogP contribution in [0.4, 0.5) is 0 Å². The third kappa shape index (κ3) is 5.41. The summed E-state index contributed by atoms with van der Waals surface area (Å²) in [6.07, 6.45) is -9.74. The van der Waals surface area contributed by atoms with Crippen molar-refractivity contribution in [2.75, 3.05) is 13.2 Å². The minimum atomic E-state index is -1.67. The zero-order valence-corrected chi connectivity index (χ0v) is 31.9. The van der Waals surface area contributed by atoms with Crippen LogP contribution >= 0.6 is 0 Å². The van der Waals surface area contributed by atoms with Gasteiger partial charge < -0.3 is 74.4 Å². The van der Waals surface area contributed by atoms with E-state index in [0.717, 1.165) is 12.0 Å². The van der Waals surface area contributed by atoms with Crippen LogP contribution in [-0.4, -0.2) is 156 Å². The molecule has 0 amide bonds. The summed E-state index contributed by atoms with van der Waals surface area (Å²) >= 11 is 0. The average Bonchev–Trinajstić information content (AvgIpc) is 3.46. The monoisotopic (exact) mass is 770 g/mol. The van der Waals surface area contributed by atoms with Gasteiger partial charge in [0.05, 0.1) is 48.6 Å². The van der Waals surface area contributed by atoms with E-state index < -0.39 is 120 Å². The lowest BCUT2D eigenvalue weighted by molar-refractivity contribution is -0.370. The standard InChI is InChI=1S/C39H62O15/c1-17-8-11-38(49-16-17)19(3)39(48)26(54-38)14-37(47)22-7-6-20-12-21(9-10-35(20,4)23(22)13-25(41)36(37,39)5)51-34-32(30(45)28(43)24(15-40)52-34)53-33-31(46)29(44)27(42)18(2)50-33/h6,17-19,21-34,40-48H,7-16H2,1-5H3. The lowest BCUT2D eigenvalue weighted by Crippen LogP contribution is -2.71. The fourth-order valence-electron chi connectivity index (χ4n) is 12.4. The predicted octanol–water partition coefficient (Wildman–Crippen LogP) is -0.409. The summed E-state index contributed by atoms with van der Waals surface area (Å²) in [5, 5.41) is 101. The normalized spacial score (nSPS) is 60.0. The van der Waals surface area contributed by atoms with Crippen molar-refractivity contribution in [1.82, 2.24) is 0 Å². The largest absolute Gasteiger partial charge is 0.394 e. The highest BCUT2D eigenvalue weighted by molar-refractivity contribution is 5.34. The van der Waals surface area contributed by atoms with Crippen LogP contribution in [-0.2, 0) is 28.4 Å². The molecule has 0 aromatic heterocycles. The molecule has 22 unspecified atom stereocenters. The zero-order chi connectivity index (χ0) is 38.9. The Morgan fingerprint density at radius 3 is 2.26 bits per heavy atom. The van der Waals surface area contributed by atoms with Gasteiger partial charge in [-0.2, -0.15) is 0 Å². The van der Waals surface area contributed by atoms with E-state index in [-0.39, 0.29) is 18.3 Å². The molecule has 0 aromatic rings. The maximum absolute atomic E-state index is 12.9. The third-order valence-electron chi connectivity index (χ3n) is 16.1. The van der Waals surface area contributed by atoms with Crippen LogP contribution < -0.4 is 0 Å². The molecule has 9 N–H and O–H groups in total. The molecule has 4 aliphatic carbocycles. The van der Waals surface area contributed by atoms with E-state index in [1.165, 1.54) is 6.92 Å². The van der Waals surface area contributed by atoms with Crippen LogP contribution in [0.15, 0.2) is 11.6 Å². The Kier molecular flexibility index (Phi) is 10.1. The van der Waals surface area contributed by atoms with Gasteiger partial charge >= 0.3 is 0 Å². The maximum Gasteiger partial charge on any atom is 0.187 e. The summed E-state index contributed by atoms with van der Waals surface area (Å²) in [6.45, 7) is 9.53. The van der Waals surface area contributed by atoms with Crippen molar-refractivity contribution < 1.29 is 74.4 Å². The number of aliphatic hydroxyl groups excluding tert-OH is 7. The first-order chi connectivity index (χ1) is 25.4. The van der Waals surface area contributed by atoms with Crippen LogP contribution in [0.3, 0.4) is 0 Å². The van der Waals surface area contributed by atoms with Crippen molar-refractivity contribution in [3.8, 4) is 0 Å². The molecule has 8 rings (SSSR count). The van der Waals surface area contributed by atoms with Crippen molar-refractivity contribution >= 4 is 0 Å². The van der Waals surface area contributed by atoms with Crippen molar-refractivity contribution in [2.45, 2.75) is 183 Å². The summed E-state index contributed by atoms with van der Waals surface area (Å²) < 4.78 is 36.9. The second-order valence-electron chi connectivity index (χ2n) is 18.6. The quantitative estimate of drug-likeness (QED) is 0.162. The van der Waals surface area contributed by atoms with Gasteiger partial charge in [0, 0.05) is 18.8 Å².